The van der Waals surface area contributed by atoms with Crippen molar-refractivity contribution in [2.45, 2.75) is 13.0 Å². The summed E-state index contributed by atoms with van der Waals surface area (Å²) in [5.41, 5.74) is 3.99. The molecule has 0 aliphatic rings. The van der Waals surface area contributed by atoms with Crippen LogP contribution in [-0.2, 0) is 27.3 Å². The summed E-state index contributed by atoms with van der Waals surface area (Å²) < 4.78 is 16.1. The summed E-state index contributed by atoms with van der Waals surface area (Å²) in [4.78, 5) is 33.6. The van der Waals surface area contributed by atoms with Gasteiger partial charge in [0.15, 0.2) is 11.5 Å². The molecule has 1 aromatic heterocycles. The first-order valence-corrected chi connectivity index (χ1v) is 13.6. The molecule has 41 heavy (non-hydrogen) atoms. The summed E-state index contributed by atoms with van der Waals surface area (Å²) in [5.74, 6) is 0.811. The van der Waals surface area contributed by atoms with Crippen molar-refractivity contribution >= 4 is 28.8 Å². The number of nitrogens with one attached hydrogen (secondary N) is 1. The first-order valence-electron chi connectivity index (χ1n) is 13.6. The summed E-state index contributed by atoms with van der Waals surface area (Å²) in [6, 6.07) is 23.3. The number of hydrogen-bond acceptors (Lipinski definition) is 5. The highest BCUT2D eigenvalue weighted by Gasteiger charge is 2.21. The van der Waals surface area contributed by atoms with Crippen LogP contribution in [0.5, 0.6) is 11.5 Å². The van der Waals surface area contributed by atoms with Crippen LogP contribution < -0.4 is 9.47 Å². The van der Waals surface area contributed by atoms with Gasteiger partial charge in [-0.1, -0.05) is 54.6 Å². The topological polar surface area (TPSA) is 84.1 Å². The van der Waals surface area contributed by atoms with Gasteiger partial charge in [0.05, 0.1) is 20.8 Å². The van der Waals surface area contributed by atoms with Gasteiger partial charge in [-0.3, -0.25) is 9.59 Å². The van der Waals surface area contributed by atoms with Crippen LogP contribution in [0.15, 0.2) is 85.1 Å². The number of aromatic nitrogens is 1. The van der Waals surface area contributed by atoms with Crippen LogP contribution in [0.25, 0.3) is 17.0 Å². The van der Waals surface area contributed by atoms with E-state index in [9.17, 15) is 9.59 Å². The van der Waals surface area contributed by atoms with Crippen LogP contribution in [0.1, 0.15) is 16.7 Å². The van der Waals surface area contributed by atoms with E-state index in [0.29, 0.717) is 44.2 Å². The maximum Gasteiger partial charge on any atom is 0.247 e. The second kappa shape index (κ2) is 14.7. The molecule has 4 aromatic rings. The highest BCUT2D eigenvalue weighted by molar-refractivity contribution is 5.94. The molecule has 0 aliphatic carbocycles. The van der Waals surface area contributed by atoms with E-state index in [1.165, 1.54) is 11.0 Å². The third-order valence-electron chi connectivity index (χ3n) is 6.92. The van der Waals surface area contributed by atoms with Gasteiger partial charge in [-0.25, -0.2) is 0 Å². The highest BCUT2D eigenvalue weighted by atomic mass is 16.5. The lowest BCUT2D eigenvalue weighted by atomic mass is 10.1. The quantitative estimate of drug-likeness (QED) is 0.223. The average Bonchev–Trinajstić information content (AvgIpc) is 3.43. The van der Waals surface area contributed by atoms with Crippen molar-refractivity contribution in [3.05, 3.63) is 102 Å². The molecule has 2 amide bonds. The summed E-state index contributed by atoms with van der Waals surface area (Å²) in [6.45, 7) is 1.38. The van der Waals surface area contributed by atoms with Crippen molar-refractivity contribution in [3.63, 3.8) is 0 Å². The number of amides is 2. The van der Waals surface area contributed by atoms with E-state index in [4.69, 9.17) is 14.2 Å². The van der Waals surface area contributed by atoms with Gasteiger partial charge >= 0.3 is 0 Å². The second-order valence-corrected chi connectivity index (χ2v) is 9.61. The molecule has 0 spiro atoms. The standard InChI is InChI=1S/C33H37N3O5/c1-39-20-19-36(32(37)16-14-25-9-5-4-6-10-25)24-33(38)35(23-26-13-15-30(40-2)31(21-26)41-3)18-17-27-22-34-29-12-8-7-11-28(27)29/h4-16,21-22,34H,17-20,23-24H2,1-3H3/b16-14+. The number of para-hydroxylation sites is 1. The predicted molar refractivity (Wildman–Crippen MR) is 161 cm³/mol. The molecule has 0 unspecified atom stereocenters. The summed E-state index contributed by atoms with van der Waals surface area (Å²) in [6.07, 6.45) is 5.91. The zero-order valence-corrected chi connectivity index (χ0v) is 23.8. The molecule has 8 heteroatoms. The first kappa shape index (κ1) is 29.4. The highest BCUT2D eigenvalue weighted by Crippen LogP contribution is 2.28. The van der Waals surface area contributed by atoms with Gasteiger partial charge in [0.25, 0.3) is 0 Å². The van der Waals surface area contributed by atoms with Crippen molar-refractivity contribution in [1.82, 2.24) is 14.8 Å². The van der Waals surface area contributed by atoms with Crippen molar-refractivity contribution in [3.8, 4) is 11.5 Å². The molecule has 1 N–H and O–H groups in total. The summed E-state index contributed by atoms with van der Waals surface area (Å²) in [7, 11) is 4.76. The molecule has 0 saturated heterocycles. The number of hydrogen-bond donors (Lipinski definition) is 1. The largest absolute Gasteiger partial charge is 0.493 e. The molecule has 3 aromatic carbocycles. The molecule has 214 valence electrons. The Kier molecular flexibility index (Phi) is 10.6. The minimum atomic E-state index is -0.248. The minimum absolute atomic E-state index is 0.0670. The fraction of sp³-hybridized carbons (Fsp3) is 0.273. The van der Waals surface area contributed by atoms with Gasteiger partial charge in [-0.05, 0) is 47.4 Å². The number of carbonyl (C=O) groups excluding carboxylic acids is 2. The Hall–Kier alpha value is -4.56. The Bertz CT molecular complexity index is 1460. The van der Waals surface area contributed by atoms with E-state index in [1.54, 1.807) is 32.3 Å². The number of methoxy groups -OCH3 is 3. The summed E-state index contributed by atoms with van der Waals surface area (Å²) in [5, 5.41) is 1.13. The molecule has 0 aliphatic heterocycles. The van der Waals surface area contributed by atoms with Gasteiger partial charge in [-0.2, -0.15) is 0 Å². The summed E-state index contributed by atoms with van der Waals surface area (Å²) >= 11 is 0. The van der Waals surface area contributed by atoms with Crippen LogP contribution in [-0.4, -0.2) is 74.2 Å². The first-order chi connectivity index (χ1) is 20.0. The van der Waals surface area contributed by atoms with Crippen LogP contribution in [0, 0.1) is 0 Å². The Morgan fingerprint density at radius 1 is 0.854 bits per heavy atom. The lowest BCUT2D eigenvalue weighted by molar-refractivity contribution is -0.139. The minimum Gasteiger partial charge on any atom is -0.493 e. The number of ether oxygens (including phenoxy) is 3. The molecule has 0 radical (unpaired) electrons. The molecule has 0 fully saturated rings. The Morgan fingerprint density at radius 2 is 1.61 bits per heavy atom. The molecule has 0 atom stereocenters. The number of benzene rings is 3. The number of H-pyrrole nitrogens is 1. The number of aromatic amines is 1. The van der Waals surface area contributed by atoms with Gasteiger partial charge in [0.1, 0.15) is 6.54 Å². The van der Waals surface area contributed by atoms with Gasteiger partial charge in [-0.15, -0.1) is 0 Å². The fourth-order valence-corrected chi connectivity index (χ4v) is 4.65. The van der Waals surface area contributed by atoms with Crippen molar-refractivity contribution in [2.75, 3.05) is 47.6 Å². The molecule has 0 bridgehead atoms. The van der Waals surface area contributed by atoms with Crippen LogP contribution >= 0.6 is 0 Å². The maximum absolute atomic E-state index is 13.8. The molecule has 4 rings (SSSR count). The van der Waals surface area contributed by atoms with E-state index < -0.39 is 0 Å². The smallest absolute Gasteiger partial charge is 0.247 e. The monoisotopic (exact) mass is 555 g/mol. The van der Waals surface area contributed by atoms with Crippen molar-refractivity contribution < 1.29 is 23.8 Å². The fourth-order valence-electron chi connectivity index (χ4n) is 4.65. The number of carbonyl (C=O) groups is 2. The van der Waals surface area contributed by atoms with Crippen molar-refractivity contribution in [2.24, 2.45) is 0 Å². The molecular weight excluding hydrogens is 518 g/mol. The third-order valence-corrected chi connectivity index (χ3v) is 6.92. The number of fused-ring (bicyclic) bond motifs is 1. The van der Waals surface area contributed by atoms with Crippen LogP contribution in [0.2, 0.25) is 0 Å². The van der Waals surface area contributed by atoms with E-state index >= 15 is 0 Å². The SMILES string of the molecule is COCCN(CC(=O)N(CCc1c[nH]c2ccccc12)Cc1ccc(OC)c(OC)c1)C(=O)/C=C/c1ccccc1. The van der Waals surface area contributed by atoms with E-state index in [-0.39, 0.29) is 18.4 Å². The van der Waals surface area contributed by atoms with Crippen LogP contribution in [0.3, 0.4) is 0 Å². The maximum atomic E-state index is 13.8. The predicted octanol–water partition coefficient (Wildman–Crippen LogP) is 4.94. The zero-order valence-electron chi connectivity index (χ0n) is 23.8. The van der Waals surface area contributed by atoms with Gasteiger partial charge in [0.2, 0.25) is 11.8 Å². The Morgan fingerprint density at radius 3 is 2.37 bits per heavy atom. The van der Waals surface area contributed by atoms with E-state index in [1.807, 2.05) is 72.9 Å². The number of nitrogens with zero attached hydrogens (tertiary/aromatic N) is 2. The van der Waals surface area contributed by atoms with Crippen molar-refractivity contribution in [1.29, 1.82) is 0 Å². The normalized spacial score (nSPS) is 11.1. The van der Waals surface area contributed by atoms with Gasteiger partial charge in [0, 0.05) is 49.9 Å². The molecule has 8 nitrogen and oxygen atoms in total. The Balaban J connectivity index is 1.55. The molecule has 1 heterocycles. The lowest BCUT2D eigenvalue weighted by Gasteiger charge is -2.27. The second-order valence-electron chi connectivity index (χ2n) is 9.61. The van der Waals surface area contributed by atoms with Crippen LogP contribution in [0.4, 0.5) is 0 Å². The van der Waals surface area contributed by atoms with Gasteiger partial charge < -0.3 is 29.0 Å². The third kappa shape index (κ3) is 7.99. The Labute approximate surface area is 241 Å². The lowest BCUT2D eigenvalue weighted by Crippen LogP contribution is -2.44. The van der Waals surface area contributed by atoms with E-state index in [0.717, 1.165) is 27.6 Å². The zero-order chi connectivity index (χ0) is 29.0. The molecular formula is C33H37N3O5. The average molecular weight is 556 g/mol. The van der Waals surface area contributed by atoms with E-state index in [2.05, 4.69) is 11.1 Å². The number of rotatable bonds is 14. The molecule has 0 saturated carbocycles.